The Morgan fingerprint density at radius 2 is 1.11 bits per heavy atom. The maximum Gasteiger partial charge on any atom is 0.209 e. The first-order chi connectivity index (χ1) is 38.5. The highest BCUT2D eigenvalue weighted by Crippen LogP contribution is 2.69. The van der Waals surface area contributed by atoms with Crippen LogP contribution in [0, 0.1) is 71.8 Å². The van der Waals surface area contributed by atoms with Crippen molar-refractivity contribution in [3.63, 3.8) is 0 Å². The van der Waals surface area contributed by atoms with E-state index in [0.717, 1.165) is 18.4 Å². The van der Waals surface area contributed by atoms with Crippen LogP contribution in [0.1, 0.15) is 109 Å². The molecule has 8 unspecified atom stereocenters. The molecular formula is C61H55F2N11O6. The van der Waals surface area contributed by atoms with Crippen LogP contribution in [0.2, 0.25) is 0 Å². The summed E-state index contributed by atoms with van der Waals surface area (Å²) in [6, 6.07) is 24.7. The second-order valence-corrected chi connectivity index (χ2v) is 22.4. The number of hydrogen-bond acceptors (Lipinski definition) is 15. The van der Waals surface area contributed by atoms with E-state index in [1.807, 2.05) is 42.5 Å². The van der Waals surface area contributed by atoms with Crippen molar-refractivity contribution >= 4 is 45.5 Å². The highest BCUT2D eigenvalue weighted by atomic mass is 19.1. The van der Waals surface area contributed by atoms with E-state index in [4.69, 9.17) is 15.0 Å². The predicted octanol–water partition coefficient (Wildman–Crippen LogP) is 6.42. The first-order valence-electron chi connectivity index (χ1n) is 26.8. The number of pyridine rings is 1. The molecule has 0 aliphatic heterocycles. The molecule has 8 aromatic rings. The van der Waals surface area contributed by atoms with Gasteiger partial charge in [0.2, 0.25) is 11.6 Å². The third-order valence-electron chi connectivity index (χ3n) is 17.6. The summed E-state index contributed by atoms with van der Waals surface area (Å²) in [6.07, 6.45) is 3.11. The van der Waals surface area contributed by atoms with Gasteiger partial charge in [0.25, 0.3) is 0 Å². The number of aromatic nitrogens is 9. The number of aryl methyl sites for hydroxylation is 2. The summed E-state index contributed by atoms with van der Waals surface area (Å²) in [6.45, 7) is 6.38. The molecule has 3 aromatic carbocycles. The number of fused-ring (bicyclic) bond motifs is 4. The SMILES string of the molecule is CC(=O)[C@@]12CC1[C@@H](n1cnc3c(NC4CC4c4ccc(F)c(C)c4)nc(C#Cc4ccccn4)nc31)[C@H](O)C2O.CC(=O)[C@@]12CC1[C@@H](n1cnc3c(NC4CC4c4ccccc4)nc(C#Cc4ccc(F)c(C)c4)nc31)[C@H](O)C2O. The molecule has 80 heavy (non-hydrogen) atoms. The van der Waals surface area contributed by atoms with Crippen LogP contribution in [0.3, 0.4) is 0 Å². The zero-order valence-corrected chi connectivity index (χ0v) is 44.0. The Kier molecular flexibility index (Phi) is 12.3. The van der Waals surface area contributed by atoms with E-state index in [1.54, 1.807) is 60.0 Å². The molecule has 6 saturated carbocycles. The Balaban J connectivity index is 0.000000151. The molecule has 17 nitrogen and oxygen atoms in total. The monoisotopic (exact) mass is 1080 g/mol. The van der Waals surface area contributed by atoms with E-state index < -0.39 is 47.3 Å². The lowest BCUT2D eigenvalue weighted by Gasteiger charge is -2.23. The van der Waals surface area contributed by atoms with Gasteiger partial charge in [0.15, 0.2) is 34.0 Å². The summed E-state index contributed by atoms with van der Waals surface area (Å²) in [4.78, 5) is 57.0. The maximum atomic E-state index is 13.8. The molecule has 14 atom stereocenters. The summed E-state index contributed by atoms with van der Waals surface area (Å²) in [5.41, 5.74) is 4.73. The average molecular weight is 1080 g/mol. The minimum Gasteiger partial charge on any atom is -0.389 e. The highest BCUT2D eigenvalue weighted by Gasteiger charge is 2.75. The van der Waals surface area contributed by atoms with Crippen LogP contribution in [-0.2, 0) is 9.59 Å². The van der Waals surface area contributed by atoms with Crippen molar-refractivity contribution < 1.29 is 38.8 Å². The van der Waals surface area contributed by atoms with E-state index in [0.29, 0.717) is 75.1 Å². The van der Waals surface area contributed by atoms with Crippen molar-refractivity contribution in [1.29, 1.82) is 0 Å². The fourth-order valence-corrected chi connectivity index (χ4v) is 12.9. The smallest absolute Gasteiger partial charge is 0.209 e. The summed E-state index contributed by atoms with van der Waals surface area (Å²) < 4.78 is 31.1. The average Bonchev–Trinajstić information content (AvgIpc) is 4.44. The summed E-state index contributed by atoms with van der Waals surface area (Å²) in [5.74, 6) is 12.9. The fourth-order valence-electron chi connectivity index (χ4n) is 12.9. The number of halogens is 2. The van der Waals surface area contributed by atoms with Gasteiger partial charge in [0, 0.05) is 35.7 Å². The molecule has 5 aromatic heterocycles. The van der Waals surface area contributed by atoms with Crippen molar-refractivity contribution in [2.45, 2.75) is 114 Å². The van der Waals surface area contributed by atoms with Crippen LogP contribution in [0.15, 0.2) is 104 Å². The standard InChI is InChI=1S/C31H28FN5O3.C30H27FN6O3/c1-16-12-18(8-10-22(16)32)9-11-24-35-29(34-23-13-20(23)19-6-4-3-5-7-19)25-30(36-24)37(15-33-25)26-21-14-31(21,17(2)38)28(40)27(26)39;1-15-11-17(6-8-21(15)31)19-12-22(19)34-28-24-29(36-23(35-28)9-7-18-5-3-4-10-32-18)37(14-33-24)25-20-13-30(20,16(2)38)27(40)26(25)39/h3-8,10,12,15,20-21,23,26-28,39-40H,13-14H2,1-2H3,(H,34,35,36);3-6,8,10-11,14,19-20,22,25-27,39-40H,12-13H2,1-2H3,(H,34,35,36)/t20?,21?,23?,26-,27+,28?,31+;19?,20?,22?,25-,26+,27?,30+/m11/s1. The summed E-state index contributed by atoms with van der Waals surface area (Å²) >= 11 is 0. The van der Waals surface area contributed by atoms with E-state index in [1.165, 1.54) is 31.5 Å². The second kappa shape index (κ2) is 19.2. The third kappa shape index (κ3) is 8.58. The first-order valence-corrected chi connectivity index (χ1v) is 26.8. The van der Waals surface area contributed by atoms with Gasteiger partial charge in [-0.15, -0.1) is 0 Å². The summed E-state index contributed by atoms with van der Waals surface area (Å²) in [5, 5.41) is 50.6. The first kappa shape index (κ1) is 51.1. The Morgan fingerprint density at radius 1 is 0.600 bits per heavy atom. The Bertz CT molecular complexity index is 3970. The van der Waals surface area contributed by atoms with Crippen LogP contribution in [0.25, 0.3) is 22.3 Å². The van der Waals surface area contributed by atoms with Crippen molar-refractivity contribution in [2.24, 2.45) is 22.7 Å². The van der Waals surface area contributed by atoms with E-state index in [-0.39, 0.29) is 64.7 Å². The number of benzene rings is 3. The zero-order chi connectivity index (χ0) is 55.5. The van der Waals surface area contributed by atoms with Crippen LogP contribution >= 0.6 is 0 Å². The Hall–Kier alpha value is -8.33. The minimum atomic E-state index is -1.15. The number of nitrogens with zero attached hydrogens (tertiary/aromatic N) is 9. The molecule has 404 valence electrons. The van der Waals surface area contributed by atoms with E-state index in [2.05, 4.69) is 66.4 Å². The van der Waals surface area contributed by atoms with Crippen molar-refractivity contribution in [1.82, 2.24) is 44.0 Å². The van der Waals surface area contributed by atoms with Gasteiger partial charge in [-0.25, -0.2) is 43.7 Å². The largest absolute Gasteiger partial charge is 0.389 e. The lowest BCUT2D eigenvalue weighted by molar-refractivity contribution is -0.128. The van der Waals surface area contributed by atoms with Crippen molar-refractivity contribution in [3.05, 3.63) is 161 Å². The molecule has 5 heterocycles. The lowest BCUT2D eigenvalue weighted by atomic mass is 9.95. The van der Waals surface area contributed by atoms with E-state index in [9.17, 15) is 38.8 Å². The Morgan fingerprint density at radius 3 is 1.61 bits per heavy atom. The molecule has 0 spiro atoms. The number of anilines is 2. The minimum absolute atomic E-state index is 0.0670. The van der Waals surface area contributed by atoms with Gasteiger partial charge in [0.05, 0.1) is 47.8 Å². The number of rotatable bonds is 10. The van der Waals surface area contributed by atoms with Gasteiger partial charge in [-0.1, -0.05) is 54.5 Å². The van der Waals surface area contributed by atoms with Gasteiger partial charge < -0.3 is 40.2 Å². The molecule has 6 N–H and O–H groups in total. The third-order valence-corrected chi connectivity index (χ3v) is 17.6. The molecule has 6 fully saturated rings. The molecule has 0 amide bonds. The molecule has 14 rings (SSSR count). The zero-order valence-electron chi connectivity index (χ0n) is 44.0. The van der Waals surface area contributed by atoms with Gasteiger partial charge in [-0.3, -0.25) is 9.59 Å². The van der Waals surface area contributed by atoms with Gasteiger partial charge in [-0.2, -0.15) is 0 Å². The molecule has 6 aliphatic carbocycles. The normalized spacial score (nSPS) is 29.9. The Labute approximate surface area is 458 Å². The molecular weight excluding hydrogens is 1020 g/mol. The maximum absolute atomic E-state index is 13.8. The van der Waals surface area contributed by atoms with Crippen LogP contribution < -0.4 is 10.6 Å². The number of imidazole rings is 2. The number of carbonyl (C=O) groups is 2. The van der Waals surface area contributed by atoms with E-state index >= 15 is 0 Å². The number of hydrogen-bond donors (Lipinski definition) is 6. The number of aliphatic hydroxyl groups is 4. The van der Waals surface area contributed by atoms with Crippen molar-refractivity contribution in [3.8, 4) is 23.7 Å². The van der Waals surface area contributed by atoms with Gasteiger partial charge >= 0.3 is 0 Å². The number of nitrogens with one attached hydrogen (secondary N) is 2. The lowest BCUT2D eigenvalue weighted by Crippen LogP contribution is -2.36. The van der Waals surface area contributed by atoms with Gasteiger partial charge in [0.1, 0.15) is 41.1 Å². The quantitative estimate of drug-likeness (QED) is 0.0811. The predicted molar refractivity (Wildman–Crippen MR) is 290 cm³/mol. The van der Waals surface area contributed by atoms with Crippen LogP contribution in [0.4, 0.5) is 20.4 Å². The topological polar surface area (TPSA) is 239 Å². The molecule has 6 aliphatic rings. The fraction of sp³-hybridized carbons (Fsp3) is 0.361. The van der Waals surface area contributed by atoms with Crippen LogP contribution in [-0.4, -0.2) is 113 Å². The second-order valence-electron chi connectivity index (χ2n) is 22.4. The highest BCUT2D eigenvalue weighted by molar-refractivity contribution is 5.89. The number of ketones is 2. The molecule has 0 radical (unpaired) electrons. The molecule has 0 bridgehead atoms. The number of aliphatic hydroxyl groups excluding tert-OH is 4. The molecule has 19 heteroatoms. The molecule has 0 saturated heterocycles. The summed E-state index contributed by atoms with van der Waals surface area (Å²) in [7, 11) is 0. The van der Waals surface area contributed by atoms with Crippen LogP contribution in [0.5, 0.6) is 0 Å². The van der Waals surface area contributed by atoms with Crippen molar-refractivity contribution in [2.75, 3.05) is 10.6 Å². The number of carbonyl (C=O) groups excluding carboxylic acids is 2. The number of Topliss-reactive ketones (excluding diaryl/α,β-unsaturated/α-hetero) is 2. The van der Waals surface area contributed by atoms with Gasteiger partial charge in [-0.05, 0) is 142 Å².